The van der Waals surface area contributed by atoms with E-state index in [9.17, 15) is 4.79 Å². The van der Waals surface area contributed by atoms with Crippen LogP contribution in [0.4, 0.5) is 5.95 Å². The summed E-state index contributed by atoms with van der Waals surface area (Å²) >= 11 is 0. The molecule has 1 aromatic carbocycles. The fourth-order valence-electron chi connectivity index (χ4n) is 2.34. The minimum Gasteiger partial charge on any atom is -0.324 e. The Morgan fingerprint density at radius 3 is 2.58 bits per heavy atom. The summed E-state index contributed by atoms with van der Waals surface area (Å²) < 4.78 is 0. The summed E-state index contributed by atoms with van der Waals surface area (Å²) in [6.07, 6.45) is 0. The fraction of sp³-hybridized carbons (Fsp3) is 0.429. The highest BCUT2D eigenvalue weighted by molar-refractivity contribution is 5.94. The zero-order valence-electron chi connectivity index (χ0n) is 11.8. The number of hydrogen-bond donors (Lipinski definition) is 2. The van der Waals surface area contributed by atoms with Crippen LogP contribution in [0.1, 0.15) is 13.8 Å². The van der Waals surface area contributed by atoms with Gasteiger partial charge < -0.3 is 4.98 Å². The monoisotopic (exact) mass is 260 g/mol. The number of rotatable bonds is 4. The molecule has 19 heavy (non-hydrogen) atoms. The van der Waals surface area contributed by atoms with E-state index in [0.29, 0.717) is 5.95 Å². The van der Waals surface area contributed by atoms with E-state index in [1.807, 2.05) is 57.1 Å². The number of carbonyl (C=O) groups is 1. The molecule has 0 unspecified atom stereocenters. The third-order valence-electron chi connectivity index (χ3n) is 3.09. The van der Waals surface area contributed by atoms with Crippen molar-refractivity contribution < 1.29 is 4.79 Å². The van der Waals surface area contributed by atoms with Gasteiger partial charge in [0.1, 0.15) is 0 Å². The Labute approximate surface area is 113 Å². The van der Waals surface area contributed by atoms with E-state index in [0.717, 1.165) is 11.0 Å². The highest BCUT2D eigenvalue weighted by Crippen LogP contribution is 2.15. The van der Waals surface area contributed by atoms with Gasteiger partial charge in [0.05, 0.1) is 17.1 Å². The molecule has 0 fully saturated rings. The zero-order valence-corrected chi connectivity index (χ0v) is 11.8. The van der Waals surface area contributed by atoms with Crippen LogP contribution in [0.3, 0.4) is 0 Å². The minimum absolute atomic E-state index is 0.0425. The van der Waals surface area contributed by atoms with Crippen molar-refractivity contribution in [1.29, 1.82) is 0 Å². The van der Waals surface area contributed by atoms with Crippen LogP contribution in [0.5, 0.6) is 0 Å². The molecule has 1 heterocycles. The Bertz CT molecular complexity index is 533. The number of likely N-dealkylation sites (N-methyl/N-ethyl adjacent to an activating group) is 1. The van der Waals surface area contributed by atoms with E-state index in [1.54, 1.807) is 0 Å². The van der Waals surface area contributed by atoms with Gasteiger partial charge in [-0.1, -0.05) is 26.0 Å². The maximum absolute atomic E-state index is 12.3. The minimum atomic E-state index is -0.173. The number of anilines is 1. The van der Waals surface area contributed by atoms with E-state index in [-0.39, 0.29) is 17.9 Å². The number of H-pyrrole nitrogens is 1. The van der Waals surface area contributed by atoms with Crippen molar-refractivity contribution in [2.75, 3.05) is 19.4 Å². The van der Waals surface area contributed by atoms with Crippen molar-refractivity contribution >= 4 is 22.9 Å². The number of aromatic amines is 1. The molecule has 1 aromatic heterocycles. The molecule has 0 saturated carbocycles. The van der Waals surface area contributed by atoms with Crippen LogP contribution in [0.25, 0.3) is 11.0 Å². The summed E-state index contributed by atoms with van der Waals surface area (Å²) in [5.74, 6) is 0.692. The quantitative estimate of drug-likeness (QED) is 0.885. The standard InChI is InChI=1S/C14H20N4O/c1-9(2)12(18(3)4)13(19)17-14-15-10-7-5-6-8-11(10)16-14/h5-9,12H,1-4H3,(H2,15,16,17,19)/t12-/m0/s1. The molecular weight excluding hydrogens is 240 g/mol. The second kappa shape index (κ2) is 5.40. The molecule has 5 heteroatoms. The van der Waals surface area contributed by atoms with Crippen LogP contribution in [0.2, 0.25) is 0 Å². The molecule has 2 aromatic rings. The van der Waals surface area contributed by atoms with E-state index >= 15 is 0 Å². The number of nitrogens with one attached hydrogen (secondary N) is 2. The van der Waals surface area contributed by atoms with Crippen molar-refractivity contribution in [3.05, 3.63) is 24.3 Å². The first-order valence-corrected chi connectivity index (χ1v) is 6.41. The third kappa shape index (κ3) is 2.93. The van der Waals surface area contributed by atoms with Gasteiger partial charge in [-0.25, -0.2) is 4.98 Å². The van der Waals surface area contributed by atoms with Gasteiger partial charge in [-0.3, -0.25) is 15.0 Å². The number of benzene rings is 1. The number of aromatic nitrogens is 2. The summed E-state index contributed by atoms with van der Waals surface area (Å²) in [5.41, 5.74) is 1.77. The van der Waals surface area contributed by atoms with Crippen molar-refractivity contribution in [2.24, 2.45) is 5.92 Å². The van der Waals surface area contributed by atoms with Crippen LogP contribution in [-0.2, 0) is 4.79 Å². The van der Waals surface area contributed by atoms with Crippen molar-refractivity contribution in [3.8, 4) is 0 Å². The predicted molar refractivity (Wildman–Crippen MR) is 77.0 cm³/mol. The Kier molecular flexibility index (Phi) is 3.85. The molecule has 0 aliphatic rings. The largest absolute Gasteiger partial charge is 0.324 e. The van der Waals surface area contributed by atoms with Gasteiger partial charge in [-0.05, 0) is 32.1 Å². The third-order valence-corrected chi connectivity index (χ3v) is 3.09. The number of fused-ring (bicyclic) bond motifs is 1. The van der Waals surface area contributed by atoms with Crippen molar-refractivity contribution in [2.45, 2.75) is 19.9 Å². The van der Waals surface area contributed by atoms with Gasteiger partial charge in [0, 0.05) is 0 Å². The summed E-state index contributed by atoms with van der Waals surface area (Å²) in [6, 6.07) is 7.53. The fourth-order valence-corrected chi connectivity index (χ4v) is 2.34. The summed E-state index contributed by atoms with van der Waals surface area (Å²) in [5, 5.41) is 2.85. The van der Waals surface area contributed by atoms with Crippen LogP contribution in [-0.4, -0.2) is 40.9 Å². The number of imidazole rings is 1. The second-order valence-corrected chi connectivity index (χ2v) is 5.24. The summed E-state index contributed by atoms with van der Waals surface area (Å²) in [7, 11) is 3.81. The molecule has 0 radical (unpaired) electrons. The lowest BCUT2D eigenvalue weighted by Gasteiger charge is -2.26. The number of hydrogen-bond acceptors (Lipinski definition) is 3. The SMILES string of the molecule is CC(C)[C@@H](C(=O)Nc1nc2ccccc2[nH]1)N(C)C. The molecular formula is C14H20N4O. The van der Waals surface area contributed by atoms with Crippen molar-refractivity contribution in [1.82, 2.24) is 14.9 Å². The summed E-state index contributed by atoms with van der Waals surface area (Å²) in [4.78, 5) is 21.6. The molecule has 0 aliphatic heterocycles. The van der Waals surface area contributed by atoms with Crippen LogP contribution < -0.4 is 5.32 Å². The van der Waals surface area contributed by atoms with Crippen LogP contribution in [0.15, 0.2) is 24.3 Å². The first-order chi connectivity index (χ1) is 8.99. The smallest absolute Gasteiger partial charge is 0.244 e. The number of para-hydroxylation sites is 2. The predicted octanol–water partition coefficient (Wildman–Crippen LogP) is 2.09. The Morgan fingerprint density at radius 1 is 1.32 bits per heavy atom. The molecule has 5 nitrogen and oxygen atoms in total. The number of nitrogens with zero attached hydrogens (tertiary/aromatic N) is 2. The normalized spacial score (nSPS) is 13.2. The average molecular weight is 260 g/mol. The number of carbonyl (C=O) groups excluding carboxylic acids is 1. The molecule has 0 spiro atoms. The van der Waals surface area contributed by atoms with Gasteiger partial charge >= 0.3 is 0 Å². The summed E-state index contributed by atoms with van der Waals surface area (Å²) in [6.45, 7) is 4.06. The van der Waals surface area contributed by atoms with Crippen molar-refractivity contribution in [3.63, 3.8) is 0 Å². The molecule has 1 atom stereocenters. The first kappa shape index (κ1) is 13.5. The highest BCUT2D eigenvalue weighted by Gasteiger charge is 2.24. The first-order valence-electron chi connectivity index (χ1n) is 6.41. The van der Waals surface area contributed by atoms with E-state index < -0.39 is 0 Å². The van der Waals surface area contributed by atoms with Gasteiger partial charge in [0.2, 0.25) is 11.9 Å². The van der Waals surface area contributed by atoms with E-state index in [2.05, 4.69) is 15.3 Å². The van der Waals surface area contributed by atoms with E-state index in [4.69, 9.17) is 0 Å². The topological polar surface area (TPSA) is 61.0 Å². The lowest BCUT2D eigenvalue weighted by Crippen LogP contribution is -2.43. The van der Waals surface area contributed by atoms with Gasteiger partial charge in [-0.15, -0.1) is 0 Å². The molecule has 2 rings (SSSR count). The Balaban J connectivity index is 2.17. The average Bonchev–Trinajstić information content (AvgIpc) is 2.69. The van der Waals surface area contributed by atoms with Crippen LogP contribution >= 0.6 is 0 Å². The Morgan fingerprint density at radius 2 is 2.00 bits per heavy atom. The van der Waals surface area contributed by atoms with E-state index in [1.165, 1.54) is 0 Å². The molecule has 0 bridgehead atoms. The highest BCUT2D eigenvalue weighted by atomic mass is 16.2. The molecule has 0 aliphatic carbocycles. The number of amides is 1. The maximum atomic E-state index is 12.3. The molecule has 0 saturated heterocycles. The lowest BCUT2D eigenvalue weighted by molar-refractivity contribution is -0.121. The Hall–Kier alpha value is -1.88. The lowest BCUT2D eigenvalue weighted by atomic mass is 10.0. The van der Waals surface area contributed by atoms with Gasteiger partial charge in [0.15, 0.2) is 0 Å². The van der Waals surface area contributed by atoms with Crippen LogP contribution in [0, 0.1) is 5.92 Å². The molecule has 102 valence electrons. The molecule has 2 N–H and O–H groups in total. The second-order valence-electron chi connectivity index (χ2n) is 5.24. The zero-order chi connectivity index (χ0) is 14.0. The van der Waals surface area contributed by atoms with Gasteiger partial charge in [-0.2, -0.15) is 0 Å². The molecule has 1 amide bonds. The van der Waals surface area contributed by atoms with Gasteiger partial charge in [0.25, 0.3) is 0 Å². The maximum Gasteiger partial charge on any atom is 0.244 e.